The van der Waals surface area contributed by atoms with Gasteiger partial charge in [-0.2, -0.15) is 0 Å². The van der Waals surface area contributed by atoms with Crippen LogP contribution >= 0.6 is 11.3 Å². The Hall–Kier alpha value is -2.87. The molecule has 5 nitrogen and oxygen atoms in total. The van der Waals surface area contributed by atoms with Gasteiger partial charge < -0.3 is 10.2 Å². The summed E-state index contributed by atoms with van der Waals surface area (Å²) in [7, 11) is 0. The van der Waals surface area contributed by atoms with Crippen LogP contribution in [0, 0.1) is 24.5 Å². The van der Waals surface area contributed by atoms with Gasteiger partial charge in [0.05, 0.1) is 10.2 Å². The number of carbonyl (C=O) groups excluding carboxylic acids is 2. The SMILES string of the molecule is Cc1ccc2nc(NC(=O)C3CCN(c4cc(F)cc(F)c4)C3=O)sc2c1. The van der Waals surface area contributed by atoms with E-state index in [0.717, 1.165) is 34.0 Å². The Bertz CT molecular complexity index is 1050. The van der Waals surface area contributed by atoms with Crippen LogP contribution in [-0.4, -0.2) is 23.3 Å². The summed E-state index contributed by atoms with van der Waals surface area (Å²) in [4.78, 5) is 30.7. The number of hydrogen-bond acceptors (Lipinski definition) is 4. The quantitative estimate of drug-likeness (QED) is 0.694. The molecule has 1 aliphatic heterocycles. The van der Waals surface area contributed by atoms with Gasteiger partial charge in [0.1, 0.15) is 17.6 Å². The van der Waals surface area contributed by atoms with Crippen LogP contribution in [0.25, 0.3) is 10.2 Å². The Morgan fingerprint density at radius 3 is 2.70 bits per heavy atom. The maximum Gasteiger partial charge on any atom is 0.239 e. The normalized spacial score (nSPS) is 16.9. The summed E-state index contributed by atoms with van der Waals surface area (Å²) in [6.45, 7) is 2.19. The maximum atomic E-state index is 13.4. The summed E-state index contributed by atoms with van der Waals surface area (Å²) in [6.07, 6.45) is 0.271. The first kappa shape index (κ1) is 17.5. The number of fused-ring (bicyclic) bond motifs is 1. The van der Waals surface area contributed by atoms with Gasteiger partial charge in [-0.15, -0.1) is 0 Å². The van der Waals surface area contributed by atoms with Crippen molar-refractivity contribution in [1.82, 2.24) is 4.98 Å². The lowest BCUT2D eigenvalue weighted by molar-refractivity contribution is -0.129. The molecule has 0 bridgehead atoms. The first-order valence-electron chi connectivity index (χ1n) is 8.36. The van der Waals surface area contributed by atoms with E-state index >= 15 is 0 Å². The summed E-state index contributed by atoms with van der Waals surface area (Å²) >= 11 is 1.33. The molecule has 4 rings (SSSR count). The minimum Gasteiger partial charge on any atom is -0.311 e. The Kier molecular flexibility index (Phi) is 4.35. The topological polar surface area (TPSA) is 62.3 Å². The van der Waals surface area contributed by atoms with Gasteiger partial charge in [-0.05, 0) is 43.2 Å². The number of rotatable bonds is 3. The van der Waals surface area contributed by atoms with E-state index in [1.807, 2.05) is 25.1 Å². The standard InChI is InChI=1S/C19H15F2N3O2S/c1-10-2-3-15-16(6-10)27-19(22-15)23-17(25)14-4-5-24(18(14)26)13-8-11(20)7-12(21)9-13/h2-3,6-9,14H,4-5H2,1H3,(H,22,23,25). The molecule has 138 valence electrons. The Morgan fingerprint density at radius 1 is 1.22 bits per heavy atom. The number of halogens is 2. The molecule has 1 fully saturated rings. The zero-order chi connectivity index (χ0) is 19.1. The molecule has 2 amide bonds. The van der Waals surface area contributed by atoms with E-state index in [1.54, 1.807) is 0 Å². The van der Waals surface area contributed by atoms with Crippen molar-refractivity contribution in [3.63, 3.8) is 0 Å². The van der Waals surface area contributed by atoms with Crippen LogP contribution in [0.1, 0.15) is 12.0 Å². The minimum absolute atomic E-state index is 0.114. The molecule has 27 heavy (non-hydrogen) atoms. The third-order valence-corrected chi connectivity index (χ3v) is 5.39. The van der Waals surface area contributed by atoms with Crippen LogP contribution in [0.4, 0.5) is 19.6 Å². The number of aryl methyl sites for hydroxylation is 1. The highest BCUT2D eigenvalue weighted by atomic mass is 32.1. The largest absolute Gasteiger partial charge is 0.311 e. The lowest BCUT2D eigenvalue weighted by atomic mass is 10.1. The molecular weight excluding hydrogens is 372 g/mol. The van der Waals surface area contributed by atoms with Gasteiger partial charge in [-0.1, -0.05) is 17.4 Å². The summed E-state index contributed by atoms with van der Waals surface area (Å²) in [6, 6.07) is 8.68. The van der Waals surface area contributed by atoms with Gasteiger partial charge in [0, 0.05) is 18.3 Å². The van der Waals surface area contributed by atoms with Crippen LogP contribution in [0.3, 0.4) is 0 Å². The van der Waals surface area contributed by atoms with Crippen LogP contribution in [0.2, 0.25) is 0 Å². The van der Waals surface area contributed by atoms with E-state index in [1.165, 1.54) is 16.2 Å². The fraction of sp³-hybridized carbons (Fsp3) is 0.211. The van der Waals surface area contributed by atoms with E-state index in [-0.39, 0.29) is 18.7 Å². The molecule has 3 aromatic rings. The van der Waals surface area contributed by atoms with Gasteiger partial charge in [0.25, 0.3) is 0 Å². The number of benzene rings is 2. The average molecular weight is 387 g/mol. The average Bonchev–Trinajstić information content (AvgIpc) is 3.16. The fourth-order valence-electron chi connectivity index (χ4n) is 3.15. The van der Waals surface area contributed by atoms with E-state index < -0.39 is 29.4 Å². The van der Waals surface area contributed by atoms with Crippen molar-refractivity contribution in [2.24, 2.45) is 5.92 Å². The summed E-state index contributed by atoms with van der Waals surface area (Å²) in [5.74, 6) is -3.39. The molecule has 2 heterocycles. The molecule has 1 aromatic heterocycles. The molecule has 2 aromatic carbocycles. The maximum absolute atomic E-state index is 13.4. The van der Waals surface area contributed by atoms with E-state index in [4.69, 9.17) is 0 Å². The smallest absolute Gasteiger partial charge is 0.239 e. The highest BCUT2D eigenvalue weighted by molar-refractivity contribution is 7.22. The first-order valence-corrected chi connectivity index (χ1v) is 9.18. The molecule has 1 unspecified atom stereocenters. The van der Waals surface area contributed by atoms with Crippen molar-refractivity contribution < 1.29 is 18.4 Å². The third kappa shape index (κ3) is 3.40. The predicted molar refractivity (Wildman–Crippen MR) is 99.8 cm³/mol. The molecule has 0 aliphatic carbocycles. The zero-order valence-electron chi connectivity index (χ0n) is 14.3. The lowest BCUT2D eigenvalue weighted by Crippen LogP contribution is -2.33. The summed E-state index contributed by atoms with van der Waals surface area (Å²) in [5.41, 5.74) is 1.98. The minimum atomic E-state index is -0.912. The molecule has 8 heteroatoms. The zero-order valence-corrected chi connectivity index (χ0v) is 15.1. The summed E-state index contributed by atoms with van der Waals surface area (Å²) < 4.78 is 27.8. The third-order valence-electron chi connectivity index (χ3n) is 4.46. The first-order chi connectivity index (χ1) is 12.9. The Morgan fingerprint density at radius 2 is 1.96 bits per heavy atom. The molecule has 0 saturated carbocycles. The summed E-state index contributed by atoms with van der Waals surface area (Å²) in [5, 5.41) is 3.11. The number of thiazole rings is 1. The van der Waals surface area contributed by atoms with Crippen molar-refractivity contribution in [2.45, 2.75) is 13.3 Å². The van der Waals surface area contributed by atoms with Crippen molar-refractivity contribution in [3.8, 4) is 0 Å². The van der Waals surface area contributed by atoms with Crippen molar-refractivity contribution in [2.75, 3.05) is 16.8 Å². The van der Waals surface area contributed by atoms with Gasteiger partial charge in [0.15, 0.2) is 5.13 Å². The number of amides is 2. The Labute approximate surface area is 157 Å². The highest BCUT2D eigenvalue weighted by Crippen LogP contribution is 2.30. The fourth-order valence-corrected chi connectivity index (χ4v) is 4.12. The molecule has 0 spiro atoms. The van der Waals surface area contributed by atoms with Crippen LogP contribution < -0.4 is 10.2 Å². The van der Waals surface area contributed by atoms with Gasteiger partial charge in [-0.25, -0.2) is 13.8 Å². The number of hydrogen-bond donors (Lipinski definition) is 1. The van der Waals surface area contributed by atoms with Crippen LogP contribution in [-0.2, 0) is 9.59 Å². The van der Waals surface area contributed by atoms with E-state index in [0.29, 0.717) is 5.13 Å². The molecule has 1 N–H and O–H groups in total. The monoisotopic (exact) mass is 387 g/mol. The number of aromatic nitrogens is 1. The van der Waals surface area contributed by atoms with Crippen molar-refractivity contribution in [1.29, 1.82) is 0 Å². The van der Waals surface area contributed by atoms with E-state index in [2.05, 4.69) is 10.3 Å². The second kappa shape index (κ2) is 6.70. The highest BCUT2D eigenvalue weighted by Gasteiger charge is 2.38. The van der Waals surface area contributed by atoms with Gasteiger partial charge in [0.2, 0.25) is 11.8 Å². The molecule has 1 atom stereocenters. The second-order valence-corrected chi connectivity index (χ2v) is 7.47. The molecule has 1 aliphatic rings. The number of nitrogens with zero attached hydrogens (tertiary/aromatic N) is 2. The second-order valence-electron chi connectivity index (χ2n) is 6.44. The van der Waals surface area contributed by atoms with Crippen molar-refractivity contribution >= 4 is 44.2 Å². The molecule has 0 radical (unpaired) electrons. The van der Waals surface area contributed by atoms with Crippen LogP contribution in [0.5, 0.6) is 0 Å². The Balaban J connectivity index is 1.51. The van der Waals surface area contributed by atoms with Crippen molar-refractivity contribution in [3.05, 3.63) is 53.6 Å². The van der Waals surface area contributed by atoms with Crippen LogP contribution in [0.15, 0.2) is 36.4 Å². The van der Waals surface area contributed by atoms with Gasteiger partial charge >= 0.3 is 0 Å². The molecular formula is C19H15F2N3O2S. The molecule has 1 saturated heterocycles. The lowest BCUT2D eigenvalue weighted by Gasteiger charge is -2.16. The number of carbonyl (C=O) groups is 2. The number of anilines is 2. The van der Waals surface area contributed by atoms with Gasteiger partial charge in [-0.3, -0.25) is 9.59 Å². The van der Waals surface area contributed by atoms with E-state index in [9.17, 15) is 18.4 Å². The predicted octanol–water partition coefficient (Wildman–Crippen LogP) is 3.87. The number of nitrogens with one attached hydrogen (secondary N) is 1.